The van der Waals surface area contributed by atoms with Crippen molar-refractivity contribution in [1.29, 1.82) is 0 Å². The van der Waals surface area contributed by atoms with E-state index in [0.29, 0.717) is 34.5 Å². The van der Waals surface area contributed by atoms with E-state index in [1.807, 2.05) is 18.2 Å². The van der Waals surface area contributed by atoms with Crippen molar-refractivity contribution in [3.63, 3.8) is 0 Å². The molecule has 4 rings (SSSR count). The molecule has 0 saturated heterocycles. The lowest BCUT2D eigenvalue weighted by Crippen LogP contribution is -2.07. The van der Waals surface area contributed by atoms with Crippen LogP contribution in [0.25, 0.3) is 0 Å². The van der Waals surface area contributed by atoms with Crippen LogP contribution < -0.4 is 20.9 Å². The van der Waals surface area contributed by atoms with Gasteiger partial charge in [0.1, 0.15) is 5.75 Å². The third kappa shape index (κ3) is 8.36. The molecule has 14 heteroatoms. The van der Waals surface area contributed by atoms with E-state index in [4.69, 9.17) is 4.74 Å². The molecule has 0 amide bonds. The fraction of sp³-hybridized carbons (Fsp3) is 0.172. The number of nitrogens with one attached hydrogen (secondary N) is 3. The van der Waals surface area contributed by atoms with Gasteiger partial charge in [-0.1, -0.05) is 36.4 Å². The Balaban J connectivity index is 1.62. The monoisotopic (exact) mass is 621 g/mol. The molecule has 0 bridgehead atoms. The molecule has 0 aliphatic carbocycles. The van der Waals surface area contributed by atoms with E-state index in [9.17, 15) is 16.8 Å². The minimum atomic E-state index is -3.31. The Bertz CT molecular complexity index is 1780. The highest BCUT2D eigenvalue weighted by Crippen LogP contribution is 2.27. The normalized spacial score (nSPS) is 12.5. The number of hydrogen-bond acceptors (Lipinski definition) is 12. The maximum atomic E-state index is 11.8. The maximum absolute atomic E-state index is 11.8. The summed E-state index contributed by atoms with van der Waals surface area (Å²) in [4.78, 5) is 9.47. The average Bonchev–Trinajstić information content (AvgIpc) is 2.98. The van der Waals surface area contributed by atoms with E-state index in [1.165, 1.54) is 24.3 Å². The van der Waals surface area contributed by atoms with E-state index in [1.54, 1.807) is 57.4 Å². The molecule has 224 valence electrons. The van der Waals surface area contributed by atoms with Crippen molar-refractivity contribution in [2.75, 3.05) is 35.8 Å². The third-order valence-corrected chi connectivity index (χ3v) is 8.41. The maximum Gasteiger partial charge on any atom is 0.231 e. The van der Waals surface area contributed by atoms with Crippen molar-refractivity contribution in [2.45, 2.75) is 23.6 Å². The van der Waals surface area contributed by atoms with Crippen LogP contribution in [0.15, 0.2) is 98.9 Å². The molecule has 0 fully saturated rings. The smallest absolute Gasteiger partial charge is 0.231 e. The van der Waals surface area contributed by atoms with Crippen molar-refractivity contribution in [3.8, 4) is 5.75 Å². The lowest BCUT2D eigenvalue weighted by molar-refractivity contribution is 0.417. The van der Waals surface area contributed by atoms with Crippen LogP contribution in [0, 0.1) is 0 Å². The van der Waals surface area contributed by atoms with Crippen LogP contribution >= 0.6 is 0 Å². The van der Waals surface area contributed by atoms with E-state index >= 15 is 0 Å². The van der Waals surface area contributed by atoms with Crippen LogP contribution in [0.4, 0.5) is 23.3 Å². The first-order chi connectivity index (χ1) is 20.3. The Morgan fingerprint density at radius 2 is 1.14 bits per heavy atom. The first-order valence-electron chi connectivity index (χ1n) is 12.8. The van der Waals surface area contributed by atoms with Crippen molar-refractivity contribution < 1.29 is 21.6 Å². The molecule has 12 nitrogen and oxygen atoms in total. The lowest BCUT2D eigenvalue weighted by Gasteiger charge is -2.12. The second-order valence-corrected chi connectivity index (χ2v) is 13.5. The highest BCUT2D eigenvalue weighted by Gasteiger charge is 2.11. The molecule has 3 aromatic carbocycles. The predicted octanol–water partition coefficient (Wildman–Crippen LogP) is 4.71. The van der Waals surface area contributed by atoms with E-state index in [0.717, 1.165) is 23.6 Å². The van der Waals surface area contributed by atoms with Gasteiger partial charge in [-0.15, -0.1) is 0 Å². The fourth-order valence-corrected chi connectivity index (χ4v) is 5.05. The SMILES string of the molecule is COc1ccccc1Nc1nc(NN=C(C)c2ccc(S(C)(=O)=O)cc2)cc(NN=C(C)c2ccc(S(C)(=O)=O)cc2)n1. The number of nitrogens with zero attached hydrogens (tertiary/aromatic N) is 4. The number of methoxy groups -OCH3 is 1. The minimum absolute atomic E-state index is 0.220. The standard InChI is InChI=1S/C29H31N7O5S2/c1-19(21-10-14-23(15-11-21)42(4,37)38)33-35-27-18-28(32-29(31-27)30-25-8-6-7-9-26(25)41-3)36-34-20(2)22-12-16-24(17-13-22)43(5,39)40/h6-18H,1-5H3,(H3,30,31,32,35,36). The first kappa shape index (κ1) is 31.1. The summed E-state index contributed by atoms with van der Waals surface area (Å²) >= 11 is 0. The number of anilines is 4. The van der Waals surface area contributed by atoms with E-state index < -0.39 is 19.7 Å². The van der Waals surface area contributed by atoms with Gasteiger partial charge in [0, 0.05) is 18.6 Å². The van der Waals surface area contributed by atoms with Gasteiger partial charge in [0.25, 0.3) is 0 Å². The van der Waals surface area contributed by atoms with Gasteiger partial charge in [0.15, 0.2) is 31.3 Å². The number of aromatic nitrogens is 2. The van der Waals surface area contributed by atoms with Crippen molar-refractivity contribution in [2.24, 2.45) is 10.2 Å². The molecular weight excluding hydrogens is 590 g/mol. The van der Waals surface area contributed by atoms with Gasteiger partial charge in [-0.3, -0.25) is 10.9 Å². The zero-order valence-electron chi connectivity index (χ0n) is 24.2. The number of para-hydroxylation sites is 2. The molecule has 0 radical (unpaired) electrons. The molecule has 0 aliphatic rings. The number of ether oxygens (including phenoxy) is 1. The van der Waals surface area contributed by atoms with Crippen molar-refractivity contribution in [1.82, 2.24) is 9.97 Å². The summed E-state index contributed by atoms with van der Waals surface area (Å²) in [5, 5.41) is 12.0. The first-order valence-corrected chi connectivity index (χ1v) is 16.6. The van der Waals surface area contributed by atoms with Gasteiger partial charge in [-0.2, -0.15) is 20.2 Å². The Morgan fingerprint density at radius 3 is 1.56 bits per heavy atom. The summed E-state index contributed by atoms with van der Waals surface area (Å²) in [5.41, 5.74) is 9.13. The molecule has 1 aromatic heterocycles. The number of rotatable bonds is 11. The van der Waals surface area contributed by atoms with Crippen LogP contribution in [-0.2, 0) is 19.7 Å². The number of hydrazone groups is 2. The molecular formula is C29H31N7O5S2. The quantitative estimate of drug-likeness (QED) is 0.158. The highest BCUT2D eigenvalue weighted by molar-refractivity contribution is 7.91. The zero-order chi connectivity index (χ0) is 31.2. The van der Waals surface area contributed by atoms with Gasteiger partial charge in [0.2, 0.25) is 5.95 Å². The number of benzene rings is 3. The zero-order valence-corrected chi connectivity index (χ0v) is 25.8. The molecule has 0 aliphatic heterocycles. The van der Waals surface area contributed by atoms with Crippen LogP contribution in [0.1, 0.15) is 25.0 Å². The lowest BCUT2D eigenvalue weighted by atomic mass is 10.1. The van der Waals surface area contributed by atoms with Crippen LogP contribution in [-0.4, -0.2) is 57.8 Å². The highest BCUT2D eigenvalue weighted by atomic mass is 32.2. The topological polar surface area (TPSA) is 164 Å². The van der Waals surface area contributed by atoms with E-state index in [2.05, 4.69) is 36.3 Å². The van der Waals surface area contributed by atoms with E-state index in [-0.39, 0.29) is 15.7 Å². The minimum Gasteiger partial charge on any atom is -0.495 e. The van der Waals surface area contributed by atoms with Gasteiger partial charge in [-0.25, -0.2) is 16.8 Å². The fourth-order valence-electron chi connectivity index (χ4n) is 3.78. The van der Waals surface area contributed by atoms with Crippen LogP contribution in [0.2, 0.25) is 0 Å². The number of sulfone groups is 2. The average molecular weight is 622 g/mol. The van der Waals surface area contributed by atoms with Gasteiger partial charge < -0.3 is 10.1 Å². The molecule has 43 heavy (non-hydrogen) atoms. The molecule has 0 atom stereocenters. The summed E-state index contributed by atoms with van der Waals surface area (Å²) in [6.45, 7) is 3.55. The van der Waals surface area contributed by atoms with Crippen LogP contribution in [0.3, 0.4) is 0 Å². The molecule has 1 heterocycles. The Hall–Kier alpha value is -4.82. The summed E-state index contributed by atoms with van der Waals surface area (Å²) in [6, 6.07) is 21.7. The predicted molar refractivity (Wildman–Crippen MR) is 169 cm³/mol. The second kappa shape index (κ2) is 13.0. The third-order valence-electron chi connectivity index (χ3n) is 6.16. The molecule has 4 aromatic rings. The molecule has 0 unspecified atom stereocenters. The number of hydrogen-bond donors (Lipinski definition) is 3. The molecule has 0 saturated carbocycles. The van der Waals surface area contributed by atoms with Gasteiger partial charge in [-0.05, 0) is 61.4 Å². The summed E-state index contributed by atoms with van der Waals surface area (Å²) in [6.07, 6.45) is 2.31. The van der Waals surface area contributed by atoms with Crippen LogP contribution in [0.5, 0.6) is 5.75 Å². The summed E-state index contributed by atoms with van der Waals surface area (Å²) < 4.78 is 52.5. The Kier molecular flexibility index (Phi) is 9.41. The summed E-state index contributed by atoms with van der Waals surface area (Å²) in [7, 11) is -5.06. The Morgan fingerprint density at radius 1 is 0.698 bits per heavy atom. The van der Waals surface area contributed by atoms with Gasteiger partial charge in [0.05, 0.1) is 34.0 Å². The Labute approximate surface area is 250 Å². The molecule has 0 spiro atoms. The summed E-state index contributed by atoms with van der Waals surface area (Å²) in [5.74, 6) is 1.50. The van der Waals surface area contributed by atoms with Crippen molar-refractivity contribution in [3.05, 3.63) is 90.0 Å². The van der Waals surface area contributed by atoms with Crippen molar-refractivity contribution >= 4 is 54.4 Å². The molecule has 3 N–H and O–H groups in total. The second-order valence-electron chi connectivity index (χ2n) is 9.50. The largest absolute Gasteiger partial charge is 0.495 e. The van der Waals surface area contributed by atoms with Gasteiger partial charge >= 0.3 is 0 Å².